The molecular weight excluding hydrogens is 278 g/mol. The Balaban J connectivity index is 2.13. The molecule has 2 aromatic carbocycles. The largest absolute Gasteiger partial charge is 0.467 e. The molecule has 0 aliphatic heterocycles. The van der Waals surface area contributed by atoms with Gasteiger partial charge in [-0.3, -0.25) is 4.79 Å². The molecule has 0 heterocycles. The highest BCUT2D eigenvalue weighted by molar-refractivity contribution is 5.97. The van der Waals surface area contributed by atoms with E-state index in [4.69, 9.17) is 4.74 Å². The molecule has 0 saturated carbocycles. The fraction of sp³-hybridized carbons (Fsp3) is 0.222. The van der Waals surface area contributed by atoms with E-state index in [2.05, 4.69) is 5.32 Å². The summed E-state index contributed by atoms with van der Waals surface area (Å²) in [6, 6.07) is 16.0. The van der Waals surface area contributed by atoms with Gasteiger partial charge in [-0.25, -0.2) is 4.79 Å². The SMILES string of the molecule is COC(=O)C(Cc1ccccc1)NC(=O)c1cccc(C)c1. The summed E-state index contributed by atoms with van der Waals surface area (Å²) in [5.41, 5.74) is 2.48. The quantitative estimate of drug-likeness (QED) is 0.863. The average Bonchev–Trinajstić information content (AvgIpc) is 2.54. The van der Waals surface area contributed by atoms with Gasteiger partial charge in [0.25, 0.3) is 5.91 Å². The first-order valence-electron chi connectivity index (χ1n) is 7.09. The molecule has 2 aromatic rings. The molecule has 4 heteroatoms. The van der Waals surface area contributed by atoms with E-state index in [0.717, 1.165) is 11.1 Å². The van der Waals surface area contributed by atoms with Gasteiger partial charge < -0.3 is 10.1 Å². The molecule has 0 aliphatic carbocycles. The van der Waals surface area contributed by atoms with Crippen LogP contribution in [-0.4, -0.2) is 25.0 Å². The van der Waals surface area contributed by atoms with Crippen molar-refractivity contribution < 1.29 is 14.3 Å². The third-order valence-electron chi connectivity index (χ3n) is 3.35. The Kier molecular flexibility index (Phi) is 5.31. The van der Waals surface area contributed by atoms with Crippen molar-refractivity contribution in [2.24, 2.45) is 0 Å². The molecule has 1 unspecified atom stereocenters. The molecule has 0 bridgehead atoms. The van der Waals surface area contributed by atoms with Gasteiger partial charge in [0.15, 0.2) is 0 Å². The zero-order valence-electron chi connectivity index (χ0n) is 12.7. The number of carbonyl (C=O) groups is 2. The van der Waals surface area contributed by atoms with Gasteiger partial charge in [-0.2, -0.15) is 0 Å². The Morgan fingerprint density at radius 2 is 1.82 bits per heavy atom. The minimum absolute atomic E-state index is 0.282. The fourth-order valence-corrected chi connectivity index (χ4v) is 2.21. The molecule has 22 heavy (non-hydrogen) atoms. The number of benzene rings is 2. The van der Waals surface area contributed by atoms with E-state index in [0.29, 0.717) is 12.0 Å². The second kappa shape index (κ2) is 7.41. The summed E-state index contributed by atoms with van der Waals surface area (Å²) in [7, 11) is 1.32. The van der Waals surface area contributed by atoms with Crippen LogP contribution >= 0.6 is 0 Å². The lowest BCUT2D eigenvalue weighted by Crippen LogP contribution is -2.43. The standard InChI is InChI=1S/C18H19NO3/c1-13-7-6-10-15(11-13)17(20)19-16(18(21)22-2)12-14-8-4-3-5-9-14/h3-11,16H,12H2,1-2H3,(H,19,20). The minimum atomic E-state index is -0.708. The van der Waals surface area contributed by atoms with E-state index in [1.54, 1.807) is 12.1 Å². The highest BCUT2D eigenvalue weighted by Gasteiger charge is 2.22. The zero-order chi connectivity index (χ0) is 15.9. The summed E-state index contributed by atoms with van der Waals surface area (Å²) < 4.78 is 4.79. The monoisotopic (exact) mass is 297 g/mol. The highest BCUT2D eigenvalue weighted by Crippen LogP contribution is 2.08. The molecule has 2 rings (SSSR count). The summed E-state index contributed by atoms with van der Waals surface area (Å²) in [5, 5.41) is 2.75. The van der Waals surface area contributed by atoms with Crippen molar-refractivity contribution in [3.8, 4) is 0 Å². The van der Waals surface area contributed by atoms with Crippen molar-refractivity contribution in [2.45, 2.75) is 19.4 Å². The van der Waals surface area contributed by atoms with E-state index >= 15 is 0 Å². The Morgan fingerprint density at radius 3 is 2.45 bits per heavy atom. The summed E-state index contributed by atoms with van der Waals surface area (Å²) in [4.78, 5) is 24.2. The molecule has 0 aliphatic rings. The lowest BCUT2D eigenvalue weighted by molar-refractivity contribution is -0.142. The van der Waals surface area contributed by atoms with Crippen LogP contribution in [0.3, 0.4) is 0 Å². The summed E-state index contributed by atoms with van der Waals surface area (Å²) in [5.74, 6) is -0.736. The number of hydrogen-bond donors (Lipinski definition) is 1. The molecule has 0 aromatic heterocycles. The topological polar surface area (TPSA) is 55.4 Å². The number of nitrogens with one attached hydrogen (secondary N) is 1. The number of ether oxygens (including phenoxy) is 1. The van der Waals surface area contributed by atoms with Crippen molar-refractivity contribution in [1.82, 2.24) is 5.32 Å². The van der Waals surface area contributed by atoms with Gasteiger partial charge in [0, 0.05) is 12.0 Å². The number of rotatable bonds is 5. The van der Waals surface area contributed by atoms with Crippen LogP contribution < -0.4 is 5.32 Å². The van der Waals surface area contributed by atoms with E-state index in [-0.39, 0.29) is 5.91 Å². The predicted octanol–water partition coefficient (Wildman–Crippen LogP) is 2.51. The maximum absolute atomic E-state index is 12.3. The lowest BCUT2D eigenvalue weighted by Gasteiger charge is -2.17. The number of methoxy groups -OCH3 is 1. The van der Waals surface area contributed by atoms with Crippen LogP contribution in [0.4, 0.5) is 0 Å². The zero-order valence-corrected chi connectivity index (χ0v) is 12.7. The molecule has 0 saturated heterocycles. The van der Waals surface area contributed by atoms with Crippen LogP contribution in [0.15, 0.2) is 54.6 Å². The van der Waals surface area contributed by atoms with Gasteiger partial charge in [-0.05, 0) is 24.6 Å². The normalized spacial score (nSPS) is 11.5. The van der Waals surface area contributed by atoms with E-state index in [1.165, 1.54) is 7.11 Å². The molecule has 0 fully saturated rings. The van der Waals surface area contributed by atoms with Gasteiger partial charge in [0.05, 0.1) is 7.11 Å². The third kappa shape index (κ3) is 4.19. The molecule has 4 nitrogen and oxygen atoms in total. The van der Waals surface area contributed by atoms with Gasteiger partial charge >= 0.3 is 5.97 Å². The molecule has 0 radical (unpaired) electrons. The van der Waals surface area contributed by atoms with Crippen molar-refractivity contribution in [2.75, 3.05) is 7.11 Å². The lowest BCUT2D eigenvalue weighted by atomic mass is 10.1. The van der Waals surface area contributed by atoms with Gasteiger partial charge in [0.2, 0.25) is 0 Å². The Morgan fingerprint density at radius 1 is 1.09 bits per heavy atom. The first-order valence-corrected chi connectivity index (χ1v) is 7.09. The molecule has 1 atom stereocenters. The van der Waals surface area contributed by atoms with Crippen molar-refractivity contribution in [1.29, 1.82) is 0 Å². The summed E-state index contributed by atoms with van der Waals surface area (Å²) >= 11 is 0. The number of esters is 1. The molecule has 1 amide bonds. The van der Waals surface area contributed by atoms with E-state index in [1.807, 2.05) is 49.4 Å². The van der Waals surface area contributed by atoms with Crippen LogP contribution in [0, 0.1) is 6.92 Å². The van der Waals surface area contributed by atoms with Crippen LogP contribution in [0.2, 0.25) is 0 Å². The van der Waals surface area contributed by atoms with Crippen molar-refractivity contribution >= 4 is 11.9 Å². The maximum atomic E-state index is 12.3. The van der Waals surface area contributed by atoms with Crippen molar-refractivity contribution in [3.63, 3.8) is 0 Å². The molecular formula is C18H19NO3. The van der Waals surface area contributed by atoms with E-state index < -0.39 is 12.0 Å². The van der Waals surface area contributed by atoms with Crippen molar-refractivity contribution in [3.05, 3.63) is 71.3 Å². The number of aryl methyl sites for hydroxylation is 1. The van der Waals surface area contributed by atoms with Crippen LogP contribution in [0.5, 0.6) is 0 Å². The third-order valence-corrected chi connectivity index (χ3v) is 3.35. The van der Waals surface area contributed by atoms with Crippen LogP contribution in [0.25, 0.3) is 0 Å². The molecule has 114 valence electrons. The Hall–Kier alpha value is -2.62. The first kappa shape index (κ1) is 15.8. The average molecular weight is 297 g/mol. The smallest absolute Gasteiger partial charge is 0.328 e. The van der Waals surface area contributed by atoms with Gasteiger partial charge in [-0.1, -0.05) is 48.0 Å². The Labute approximate surface area is 130 Å². The minimum Gasteiger partial charge on any atom is -0.467 e. The molecule has 1 N–H and O–H groups in total. The highest BCUT2D eigenvalue weighted by atomic mass is 16.5. The van der Waals surface area contributed by atoms with E-state index in [9.17, 15) is 9.59 Å². The number of carbonyl (C=O) groups excluding carboxylic acids is 2. The van der Waals surface area contributed by atoms with Gasteiger partial charge in [0.1, 0.15) is 6.04 Å². The second-order valence-corrected chi connectivity index (χ2v) is 5.11. The van der Waals surface area contributed by atoms with Gasteiger partial charge in [-0.15, -0.1) is 0 Å². The van der Waals surface area contributed by atoms with Crippen LogP contribution in [-0.2, 0) is 16.0 Å². The van der Waals surface area contributed by atoms with Crippen LogP contribution in [0.1, 0.15) is 21.5 Å². The first-order chi connectivity index (χ1) is 10.6. The summed E-state index contributed by atoms with van der Waals surface area (Å²) in [6.07, 6.45) is 0.394. The fourth-order valence-electron chi connectivity index (χ4n) is 2.21. The maximum Gasteiger partial charge on any atom is 0.328 e. The summed E-state index contributed by atoms with van der Waals surface area (Å²) in [6.45, 7) is 1.92. The number of hydrogen-bond acceptors (Lipinski definition) is 3. The Bertz CT molecular complexity index is 652. The molecule has 0 spiro atoms. The number of amides is 1. The second-order valence-electron chi connectivity index (χ2n) is 5.11. The predicted molar refractivity (Wildman–Crippen MR) is 84.6 cm³/mol.